The molecule has 1 unspecified atom stereocenters. The van der Waals surface area contributed by atoms with Crippen LogP contribution in [0, 0.1) is 0 Å². The zero-order chi connectivity index (χ0) is 18.6. The van der Waals surface area contributed by atoms with E-state index < -0.39 is 0 Å². The number of hydrogen-bond acceptors (Lipinski definition) is 6. The summed E-state index contributed by atoms with van der Waals surface area (Å²) in [6.07, 6.45) is 7.85. The molecule has 2 amide bonds. The molecule has 1 aromatic heterocycles. The number of hydrogen-bond donors (Lipinski definition) is 1. The molecule has 0 aliphatic carbocycles. The van der Waals surface area contributed by atoms with E-state index in [1.807, 2.05) is 4.90 Å². The number of cyclic esters (lactones) is 1. The van der Waals surface area contributed by atoms with Gasteiger partial charge in [0.25, 0.3) is 5.91 Å². The molecule has 9 heteroatoms. The van der Waals surface area contributed by atoms with Gasteiger partial charge >= 0.3 is 6.09 Å². The van der Waals surface area contributed by atoms with Crippen LogP contribution in [-0.4, -0.2) is 81.7 Å². The molecule has 3 fully saturated rings. The molecule has 27 heavy (non-hydrogen) atoms. The lowest BCUT2D eigenvalue weighted by atomic mass is 10.0. The maximum absolute atomic E-state index is 12.7. The van der Waals surface area contributed by atoms with Crippen LogP contribution in [0.3, 0.4) is 0 Å². The molecule has 3 aliphatic heterocycles. The first-order chi connectivity index (χ1) is 13.2. The van der Waals surface area contributed by atoms with Crippen molar-refractivity contribution in [3.8, 4) is 0 Å². The van der Waals surface area contributed by atoms with Gasteiger partial charge in [-0.2, -0.15) is 0 Å². The molecule has 0 radical (unpaired) electrons. The maximum atomic E-state index is 12.7. The number of carbonyl (C=O) groups is 2. The molecular formula is C18H28N6O3. The summed E-state index contributed by atoms with van der Waals surface area (Å²) in [7, 11) is 0. The minimum absolute atomic E-state index is 0.0699. The Balaban J connectivity index is 1.26. The van der Waals surface area contributed by atoms with Crippen molar-refractivity contribution in [2.24, 2.45) is 0 Å². The number of nitrogens with zero attached hydrogens (tertiary/aromatic N) is 5. The van der Waals surface area contributed by atoms with Crippen LogP contribution in [0.2, 0.25) is 0 Å². The Labute approximate surface area is 159 Å². The first-order valence-corrected chi connectivity index (χ1v) is 10.1. The van der Waals surface area contributed by atoms with E-state index in [-0.39, 0.29) is 18.0 Å². The standard InChI is InChI=1S/C18H28N6O3/c25-17(22-8-5-15(6-9-22)24-11-12-27-18(24)26)16-13-23(21-20-16)10-4-14-3-1-2-7-19-14/h13-15,19H,1-12H2. The van der Waals surface area contributed by atoms with Crippen LogP contribution in [0.4, 0.5) is 4.79 Å². The highest BCUT2D eigenvalue weighted by atomic mass is 16.6. The van der Waals surface area contributed by atoms with E-state index in [2.05, 4.69) is 15.6 Å². The van der Waals surface area contributed by atoms with Gasteiger partial charge in [-0.25, -0.2) is 4.79 Å². The van der Waals surface area contributed by atoms with Crippen LogP contribution in [0.15, 0.2) is 6.20 Å². The van der Waals surface area contributed by atoms with Crippen LogP contribution >= 0.6 is 0 Å². The Hall–Kier alpha value is -2.16. The highest BCUT2D eigenvalue weighted by Gasteiger charge is 2.33. The zero-order valence-electron chi connectivity index (χ0n) is 15.7. The second kappa shape index (κ2) is 8.24. The quantitative estimate of drug-likeness (QED) is 0.820. The number of likely N-dealkylation sites (tertiary alicyclic amines) is 1. The van der Waals surface area contributed by atoms with Gasteiger partial charge in [0.15, 0.2) is 5.69 Å². The van der Waals surface area contributed by atoms with Crippen molar-refractivity contribution < 1.29 is 14.3 Å². The van der Waals surface area contributed by atoms with Gasteiger partial charge in [0.1, 0.15) is 6.61 Å². The molecule has 0 spiro atoms. The first kappa shape index (κ1) is 18.2. The van der Waals surface area contributed by atoms with Gasteiger partial charge in [0, 0.05) is 31.7 Å². The van der Waals surface area contributed by atoms with Crippen LogP contribution in [0.1, 0.15) is 49.0 Å². The Kier molecular flexibility index (Phi) is 5.56. The molecule has 1 atom stereocenters. The van der Waals surface area contributed by atoms with Gasteiger partial charge in [0.05, 0.1) is 12.7 Å². The van der Waals surface area contributed by atoms with Crippen molar-refractivity contribution >= 4 is 12.0 Å². The normalized spacial score (nSPS) is 24.3. The fourth-order valence-corrected chi connectivity index (χ4v) is 4.24. The number of ether oxygens (including phenoxy) is 1. The van der Waals surface area contributed by atoms with Crippen LogP contribution in [0.5, 0.6) is 0 Å². The van der Waals surface area contributed by atoms with Crippen molar-refractivity contribution in [3.05, 3.63) is 11.9 Å². The number of rotatable bonds is 5. The molecule has 9 nitrogen and oxygen atoms in total. The maximum Gasteiger partial charge on any atom is 0.410 e. The number of carbonyl (C=O) groups excluding carboxylic acids is 2. The number of aromatic nitrogens is 3. The second-order valence-corrected chi connectivity index (χ2v) is 7.63. The van der Waals surface area contributed by atoms with Gasteiger partial charge in [-0.05, 0) is 38.6 Å². The predicted octanol–water partition coefficient (Wildman–Crippen LogP) is 0.867. The molecule has 4 heterocycles. The van der Waals surface area contributed by atoms with Gasteiger partial charge in [0.2, 0.25) is 0 Å². The van der Waals surface area contributed by atoms with E-state index >= 15 is 0 Å². The molecule has 3 saturated heterocycles. The zero-order valence-corrected chi connectivity index (χ0v) is 15.7. The summed E-state index contributed by atoms with van der Waals surface area (Å²) in [6.45, 7) is 4.26. The number of piperidine rings is 2. The van der Waals surface area contributed by atoms with Crippen LogP contribution in [0.25, 0.3) is 0 Å². The van der Waals surface area contributed by atoms with Crippen molar-refractivity contribution in [2.45, 2.75) is 57.2 Å². The third-order valence-electron chi connectivity index (χ3n) is 5.86. The fourth-order valence-electron chi connectivity index (χ4n) is 4.24. The summed E-state index contributed by atoms with van der Waals surface area (Å²) >= 11 is 0. The summed E-state index contributed by atoms with van der Waals surface area (Å²) in [4.78, 5) is 28.0. The van der Waals surface area contributed by atoms with E-state index in [0.29, 0.717) is 38.0 Å². The van der Waals surface area contributed by atoms with Crippen molar-refractivity contribution in [3.63, 3.8) is 0 Å². The lowest BCUT2D eigenvalue weighted by Crippen LogP contribution is -2.47. The average Bonchev–Trinajstić information content (AvgIpc) is 3.36. The number of aryl methyl sites for hydroxylation is 1. The lowest BCUT2D eigenvalue weighted by Gasteiger charge is -2.35. The van der Waals surface area contributed by atoms with Gasteiger partial charge in [-0.3, -0.25) is 9.48 Å². The lowest BCUT2D eigenvalue weighted by molar-refractivity contribution is 0.0652. The molecule has 1 N–H and O–H groups in total. The van der Waals surface area contributed by atoms with E-state index in [1.54, 1.807) is 15.8 Å². The molecule has 0 bridgehead atoms. The monoisotopic (exact) mass is 376 g/mol. The van der Waals surface area contributed by atoms with Gasteiger partial charge in [-0.1, -0.05) is 11.6 Å². The van der Waals surface area contributed by atoms with E-state index in [4.69, 9.17) is 4.74 Å². The largest absolute Gasteiger partial charge is 0.448 e. The van der Waals surface area contributed by atoms with Crippen molar-refractivity contribution in [2.75, 3.05) is 32.8 Å². The summed E-state index contributed by atoms with van der Waals surface area (Å²) in [6, 6.07) is 0.709. The van der Waals surface area contributed by atoms with Gasteiger partial charge < -0.3 is 19.9 Å². The summed E-state index contributed by atoms with van der Waals surface area (Å²) in [5, 5.41) is 11.7. The first-order valence-electron chi connectivity index (χ1n) is 10.1. The van der Waals surface area contributed by atoms with Crippen LogP contribution < -0.4 is 5.32 Å². The number of nitrogens with one attached hydrogen (secondary N) is 1. The Morgan fingerprint density at radius 3 is 2.78 bits per heavy atom. The molecule has 4 rings (SSSR count). The molecular weight excluding hydrogens is 348 g/mol. The van der Waals surface area contributed by atoms with E-state index in [9.17, 15) is 9.59 Å². The fraction of sp³-hybridized carbons (Fsp3) is 0.778. The highest BCUT2D eigenvalue weighted by Crippen LogP contribution is 2.21. The second-order valence-electron chi connectivity index (χ2n) is 7.63. The third kappa shape index (κ3) is 4.23. The molecule has 0 aromatic carbocycles. The molecule has 1 aromatic rings. The SMILES string of the molecule is O=C(c1cn(CCC2CCCCN2)nn1)N1CCC(N2CCOC2=O)CC1. The van der Waals surface area contributed by atoms with Crippen molar-refractivity contribution in [1.29, 1.82) is 0 Å². The third-order valence-corrected chi connectivity index (χ3v) is 5.86. The topological polar surface area (TPSA) is 92.6 Å². The average molecular weight is 376 g/mol. The van der Waals surface area contributed by atoms with Crippen LogP contribution in [-0.2, 0) is 11.3 Å². The van der Waals surface area contributed by atoms with E-state index in [0.717, 1.165) is 32.4 Å². The molecule has 148 valence electrons. The summed E-state index contributed by atoms with van der Waals surface area (Å²) < 4.78 is 6.79. The summed E-state index contributed by atoms with van der Waals surface area (Å²) in [5.41, 5.74) is 0.408. The minimum atomic E-state index is -0.227. The summed E-state index contributed by atoms with van der Waals surface area (Å²) in [5.74, 6) is -0.0699. The Morgan fingerprint density at radius 2 is 2.07 bits per heavy atom. The smallest absolute Gasteiger partial charge is 0.410 e. The molecule has 3 aliphatic rings. The minimum Gasteiger partial charge on any atom is -0.448 e. The van der Waals surface area contributed by atoms with Gasteiger partial charge in [-0.15, -0.1) is 5.10 Å². The van der Waals surface area contributed by atoms with E-state index in [1.165, 1.54) is 19.3 Å². The molecule has 0 saturated carbocycles. The predicted molar refractivity (Wildman–Crippen MR) is 97.3 cm³/mol. The Bertz CT molecular complexity index is 664. The number of amides is 2. The Morgan fingerprint density at radius 1 is 1.22 bits per heavy atom. The highest BCUT2D eigenvalue weighted by molar-refractivity contribution is 5.92. The van der Waals surface area contributed by atoms with Crippen molar-refractivity contribution in [1.82, 2.24) is 30.1 Å².